The standard InChI is InChI=1S/C12H17ClN2S/c13-12-9-14-5-4-10(12)7-15-8-11-3-1-2-6-16-11/h4-5,9,11,15H,1-3,6-8H2. The summed E-state index contributed by atoms with van der Waals surface area (Å²) in [6, 6.07) is 1.98. The number of nitrogens with zero attached hydrogens (tertiary/aromatic N) is 1. The molecule has 1 aliphatic heterocycles. The minimum atomic E-state index is 0.756. The highest BCUT2D eigenvalue weighted by Gasteiger charge is 2.13. The van der Waals surface area contributed by atoms with E-state index in [1.807, 2.05) is 6.07 Å². The maximum absolute atomic E-state index is 6.04. The lowest BCUT2D eigenvalue weighted by molar-refractivity contribution is 0.597. The molecule has 1 saturated heterocycles. The van der Waals surface area contributed by atoms with Gasteiger partial charge in [0.15, 0.2) is 0 Å². The van der Waals surface area contributed by atoms with Gasteiger partial charge < -0.3 is 5.32 Å². The van der Waals surface area contributed by atoms with Gasteiger partial charge in [-0.05, 0) is 30.2 Å². The van der Waals surface area contributed by atoms with Gasteiger partial charge in [-0.25, -0.2) is 0 Å². The number of rotatable bonds is 4. The summed E-state index contributed by atoms with van der Waals surface area (Å²) in [7, 11) is 0. The normalized spacial score (nSPS) is 20.9. The SMILES string of the molecule is Clc1cnccc1CNCC1CCCCS1. The van der Waals surface area contributed by atoms with E-state index in [-0.39, 0.29) is 0 Å². The van der Waals surface area contributed by atoms with Crippen LogP contribution in [0.3, 0.4) is 0 Å². The van der Waals surface area contributed by atoms with E-state index in [4.69, 9.17) is 11.6 Å². The molecule has 1 aliphatic rings. The molecule has 1 N–H and O–H groups in total. The van der Waals surface area contributed by atoms with E-state index >= 15 is 0 Å². The van der Waals surface area contributed by atoms with Crippen molar-refractivity contribution in [1.29, 1.82) is 0 Å². The lowest BCUT2D eigenvalue weighted by atomic mass is 10.2. The molecular weight excluding hydrogens is 240 g/mol. The molecule has 4 heteroatoms. The molecule has 0 radical (unpaired) electrons. The third kappa shape index (κ3) is 3.65. The van der Waals surface area contributed by atoms with Crippen LogP contribution in [0.15, 0.2) is 18.5 Å². The van der Waals surface area contributed by atoms with Gasteiger partial charge in [0, 0.05) is 30.7 Å². The molecule has 0 aliphatic carbocycles. The Bertz CT molecular complexity index is 327. The molecule has 16 heavy (non-hydrogen) atoms. The van der Waals surface area contributed by atoms with Crippen molar-refractivity contribution >= 4 is 23.4 Å². The third-order valence-corrected chi connectivity index (χ3v) is 4.56. The quantitative estimate of drug-likeness (QED) is 0.896. The highest BCUT2D eigenvalue weighted by atomic mass is 35.5. The number of thioether (sulfide) groups is 1. The highest BCUT2D eigenvalue weighted by Crippen LogP contribution is 2.24. The van der Waals surface area contributed by atoms with Crippen LogP contribution in [0.25, 0.3) is 0 Å². The van der Waals surface area contributed by atoms with Crippen LogP contribution in [0.2, 0.25) is 5.02 Å². The molecule has 2 rings (SSSR count). The van der Waals surface area contributed by atoms with Crippen molar-refractivity contribution in [1.82, 2.24) is 10.3 Å². The number of aromatic nitrogens is 1. The molecule has 0 aromatic carbocycles. The fourth-order valence-electron chi connectivity index (χ4n) is 1.88. The van der Waals surface area contributed by atoms with Crippen LogP contribution < -0.4 is 5.32 Å². The highest BCUT2D eigenvalue weighted by molar-refractivity contribution is 7.99. The van der Waals surface area contributed by atoms with Crippen LogP contribution in [-0.4, -0.2) is 22.5 Å². The topological polar surface area (TPSA) is 24.9 Å². The maximum atomic E-state index is 6.04. The molecule has 0 amide bonds. The van der Waals surface area contributed by atoms with Crippen molar-refractivity contribution < 1.29 is 0 Å². The minimum Gasteiger partial charge on any atom is -0.312 e. The average molecular weight is 257 g/mol. The van der Waals surface area contributed by atoms with Crippen LogP contribution in [0.1, 0.15) is 24.8 Å². The molecule has 2 nitrogen and oxygen atoms in total. The van der Waals surface area contributed by atoms with E-state index in [1.54, 1.807) is 12.4 Å². The average Bonchev–Trinajstić information content (AvgIpc) is 2.33. The lowest BCUT2D eigenvalue weighted by Crippen LogP contribution is -2.26. The minimum absolute atomic E-state index is 0.756. The van der Waals surface area contributed by atoms with E-state index in [1.165, 1.54) is 25.0 Å². The number of halogens is 1. The maximum Gasteiger partial charge on any atom is 0.0634 e. The molecule has 88 valence electrons. The summed E-state index contributed by atoms with van der Waals surface area (Å²) in [4.78, 5) is 3.98. The van der Waals surface area contributed by atoms with Gasteiger partial charge in [0.25, 0.3) is 0 Å². The van der Waals surface area contributed by atoms with Crippen LogP contribution in [0.5, 0.6) is 0 Å². The summed E-state index contributed by atoms with van der Waals surface area (Å²) in [5.41, 5.74) is 1.14. The lowest BCUT2D eigenvalue weighted by Gasteiger charge is -2.21. The summed E-state index contributed by atoms with van der Waals surface area (Å²) in [5, 5.41) is 5.02. The Kier molecular flexibility index (Phi) is 4.94. The van der Waals surface area contributed by atoms with Crippen molar-refractivity contribution in [2.24, 2.45) is 0 Å². The van der Waals surface area contributed by atoms with Crippen molar-refractivity contribution in [2.75, 3.05) is 12.3 Å². The van der Waals surface area contributed by atoms with Crippen molar-refractivity contribution in [2.45, 2.75) is 31.1 Å². The predicted octanol–water partition coefficient (Wildman–Crippen LogP) is 3.11. The molecule has 1 unspecified atom stereocenters. The second-order valence-corrected chi connectivity index (χ2v) is 5.90. The Hall–Kier alpha value is -0.250. The van der Waals surface area contributed by atoms with Crippen LogP contribution in [-0.2, 0) is 6.54 Å². The summed E-state index contributed by atoms with van der Waals surface area (Å²) in [6.07, 6.45) is 7.61. The van der Waals surface area contributed by atoms with Crippen molar-refractivity contribution in [3.8, 4) is 0 Å². The van der Waals surface area contributed by atoms with E-state index in [2.05, 4.69) is 22.1 Å². The third-order valence-electron chi connectivity index (χ3n) is 2.82. The predicted molar refractivity (Wildman–Crippen MR) is 71.1 cm³/mol. The number of hydrogen-bond donors (Lipinski definition) is 1. The molecule has 0 spiro atoms. The molecule has 1 aromatic heterocycles. The number of pyridine rings is 1. The first-order valence-corrected chi connectivity index (χ1v) is 7.19. The van der Waals surface area contributed by atoms with E-state index in [0.717, 1.165) is 28.9 Å². The summed E-state index contributed by atoms with van der Waals surface area (Å²) in [6.45, 7) is 1.93. The molecule has 0 bridgehead atoms. The monoisotopic (exact) mass is 256 g/mol. The zero-order valence-electron chi connectivity index (χ0n) is 9.29. The van der Waals surface area contributed by atoms with Gasteiger partial charge >= 0.3 is 0 Å². The smallest absolute Gasteiger partial charge is 0.0634 e. The molecule has 1 aromatic rings. The van der Waals surface area contributed by atoms with Crippen molar-refractivity contribution in [3.05, 3.63) is 29.0 Å². The number of hydrogen-bond acceptors (Lipinski definition) is 3. The Labute approximate surface area is 106 Å². The van der Waals surface area contributed by atoms with Gasteiger partial charge in [-0.3, -0.25) is 4.98 Å². The van der Waals surface area contributed by atoms with E-state index < -0.39 is 0 Å². The zero-order chi connectivity index (χ0) is 11.2. The van der Waals surface area contributed by atoms with Gasteiger partial charge in [-0.1, -0.05) is 18.0 Å². The fourth-order valence-corrected chi connectivity index (χ4v) is 3.34. The fraction of sp³-hybridized carbons (Fsp3) is 0.583. The largest absolute Gasteiger partial charge is 0.312 e. The van der Waals surface area contributed by atoms with Crippen molar-refractivity contribution in [3.63, 3.8) is 0 Å². The van der Waals surface area contributed by atoms with E-state index in [9.17, 15) is 0 Å². The Morgan fingerprint density at radius 2 is 2.44 bits per heavy atom. The summed E-state index contributed by atoms with van der Waals surface area (Å²) in [5.74, 6) is 1.32. The molecule has 2 heterocycles. The first-order chi connectivity index (χ1) is 7.86. The summed E-state index contributed by atoms with van der Waals surface area (Å²) < 4.78 is 0. The molecule has 1 atom stereocenters. The first kappa shape index (κ1) is 12.2. The van der Waals surface area contributed by atoms with Crippen LogP contribution in [0, 0.1) is 0 Å². The molecule has 1 fully saturated rings. The van der Waals surface area contributed by atoms with Crippen LogP contribution in [0.4, 0.5) is 0 Å². The Balaban J connectivity index is 1.73. The van der Waals surface area contributed by atoms with Gasteiger partial charge in [0.2, 0.25) is 0 Å². The Morgan fingerprint density at radius 1 is 1.50 bits per heavy atom. The Morgan fingerprint density at radius 3 is 3.19 bits per heavy atom. The van der Waals surface area contributed by atoms with Crippen LogP contribution >= 0.6 is 23.4 Å². The number of nitrogens with one attached hydrogen (secondary N) is 1. The van der Waals surface area contributed by atoms with Gasteiger partial charge in [0.1, 0.15) is 0 Å². The summed E-state index contributed by atoms with van der Waals surface area (Å²) >= 11 is 8.13. The zero-order valence-corrected chi connectivity index (χ0v) is 10.9. The van der Waals surface area contributed by atoms with Gasteiger partial charge in [-0.2, -0.15) is 11.8 Å². The second kappa shape index (κ2) is 6.48. The first-order valence-electron chi connectivity index (χ1n) is 5.77. The van der Waals surface area contributed by atoms with Gasteiger partial charge in [0.05, 0.1) is 5.02 Å². The molecule has 0 saturated carbocycles. The van der Waals surface area contributed by atoms with Gasteiger partial charge in [-0.15, -0.1) is 0 Å². The van der Waals surface area contributed by atoms with E-state index in [0.29, 0.717) is 0 Å². The molecular formula is C12H17ClN2S. The second-order valence-electron chi connectivity index (χ2n) is 4.09.